The highest BCUT2D eigenvalue weighted by Gasteiger charge is 2.21. The molecule has 98 valence electrons. The highest BCUT2D eigenvalue weighted by atomic mass is 32.2. The van der Waals surface area contributed by atoms with E-state index in [0.717, 1.165) is 23.9 Å². The summed E-state index contributed by atoms with van der Waals surface area (Å²) >= 11 is 3.54. The Labute approximate surface area is 116 Å². The second-order valence-electron chi connectivity index (χ2n) is 4.22. The molecule has 1 saturated heterocycles. The molecule has 1 unspecified atom stereocenters. The van der Waals surface area contributed by atoms with Crippen LogP contribution in [0.15, 0.2) is 29.2 Å². The molecule has 2 rings (SSSR count). The molecule has 1 amide bonds. The molecule has 2 N–H and O–H groups in total. The molecule has 1 aromatic rings. The molecule has 18 heavy (non-hydrogen) atoms. The lowest BCUT2D eigenvalue weighted by molar-refractivity contribution is -0.122. The zero-order chi connectivity index (χ0) is 12.8. The first-order chi connectivity index (χ1) is 8.75. The maximum Gasteiger partial charge on any atom is 0.238 e. The molecule has 1 atom stereocenters. The number of nitrogens with one attached hydrogen (secondary N) is 2. The minimum atomic E-state index is -0.000579. The van der Waals surface area contributed by atoms with E-state index in [1.165, 1.54) is 10.5 Å². The van der Waals surface area contributed by atoms with Crippen LogP contribution in [0.5, 0.6) is 0 Å². The first-order valence-electron chi connectivity index (χ1n) is 6.04. The van der Waals surface area contributed by atoms with Gasteiger partial charge in [-0.25, -0.2) is 0 Å². The van der Waals surface area contributed by atoms with Crippen LogP contribution in [-0.4, -0.2) is 35.9 Å². The van der Waals surface area contributed by atoms with Crippen LogP contribution in [0.3, 0.4) is 0 Å². The summed E-state index contributed by atoms with van der Waals surface area (Å²) in [5.41, 5.74) is 1.28. The molecule has 0 bridgehead atoms. The van der Waals surface area contributed by atoms with Gasteiger partial charge in [0.05, 0.1) is 6.04 Å². The van der Waals surface area contributed by atoms with E-state index in [1.807, 2.05) is 0 Å². The zero-order valence-corrected chi connectivity index (χ0v) is 12.1. The van der Waals surface area contributed by atoms with Crippen LogP contribution in [0.4, 0.5) is 0 Å². The first kappa shape index (κ1) is 13.8. The van der Waals surface area contributed by atoms with Crippen LogP contribution in [0.2, 0.25) is 0 Å². The number of hydrogen-bond donors (Lipinski definition) is 2. The van der Waals surface area contributed by atoms with Gasteiger partial charge in [-0.05, 0) is 19.1 Å². The number of carbonyl (C=O) groups is 1. The Morgan fingerprint density at radius 3 is 2.94 bits per heavy atom. The Balaban J connectivity index is 1.63. The average Bonchev–Trinajstić information content (AvgIpc) is 2.90. The lowest BCUT2D eigenvalue weighted by Crippen LogP contribution is -2.42. The monoisotopic (exact) mass is 282 g/mol. The molecule has 1 heterocycles. The van der Waals surface area contributed by atoms with Crippen LogP contribution in [0, 0.1) is 6.92 Å². The molecule has 0 spiro atoms. The van der Waals surface area contributed by atoms with Crippen molar-refractivity contribution in [3.8, 4) is 0 Å². The number of carbonyl (C=O) groups excluding carboxylic acids is 1. The third kappa shape index (κ3) is 4.23. The molecule has 1 aliphatic heterocycles. The average molecular weight is 282 g/mol. The predicted octanol–water partition coefficient (Wildman–Crippen LogP) is 1.87. The summed E-state index contributed by atoms with van der Waals surface area (Å²) in [5, 5.41) is 6.14. The van der Waals surface area contributed by atoms with Gasteiger partial charge in [-0.1, -0.05) is 17.7 Å². The van der Waals surface area contributed by atoms with Gasteiger partial charge in [0.1, 0.15) is 0 Å². The minimum absolute atomic E-state index is 0.000579. The summed E-state index contributed by atoms with van der Waals surface area (Å²) in [6, 6.07) is 8.47. The minimum Gasteiger partial charge on any atom is -0.354 e. The summed E-state index contributed by atoms with van der Waals surface area (Å²) in [6.45, 7) is 2.81. The molecule has 0 radical (unpaired) electrons. The van der Waals surface area contributed by atoms with Gasteiger partial charge in [-0.15, -0.1) is 23.5 Å². The van der Waals surface area contributed by atoms with Gasteiger partial charge in [0.2, 0.25) is 5.91 Å². The molecule has 5 heteroatoms. The largest absolute Gasteiger partial charge is 0.354 e. The molecular weight excluding hydrogens is 264 g/mol. The van der Waals surface area contributed by atoms with E-state index in [4.69, 9.17) is 0 Å². The standard InChI is InChI=1S/C13H18N2OS2/c1-10-2-4-11(5-3-10)18-7-6-14-13(16)12-8-17-9-15-12/h2-5,12,15H,6-9H2,1H3,(H,14,16). The lowest BCUT2D eigenvalue weighted by Gasteiger charge is -2.10. The van der Waals surface area contributed by atoms with Gasteiger partial charge in [0.15, 0.2) is 0 Å². The molecule has 3 nitrogen and oxygen atoms in total. The van der Waals surface area contributed by atoms with E-state index >= 15 is 0 Å². The summed E-state index contributed by atoms with van der Waals surface area (Å²) in [6.07, 6.45) is 0. The van der Waals surface area contributed by atoms with Crippen LogP contribution < -0.4 is 10.6 Å². The van der Waals surface area contributed by atoms with Gasteiger partial charge >= 0.3 is 0 Å². The number of thioether (sulfide) groups is 2. The summed E-state index contributed by atoms with van der Waals surface area (Å²) < 4.78 is 0. The Kier molecular flexibility index (Phi) is 5.41. The molecule has 1 aromatic carbocycles. The Morgan fingerprint density at radius 2 is 2.28 bits per heavy atom. The lowest BCUT2D eigenvalue weighted by atomic mass is 10.2. The SMILES string of the molecule is Cc1ccc(SCCNC(=O)C2CSCN2)cc1. The number of hydrogen-bond acceptors (Lipinski definition) is 4. The van der Waals surface area contributed by atoms with E-state index < -0.39 is 0 Å². The molecule has 0 aromatic heterocycles. The second-order valence-corrected chi connectivity index (χ2v) is 6.42. The fourth-order valence-electron chi connectivity index (χ4n) is 1.66. The normalized spacial score (nSPS) is 18.8. The summed E-state index contributed by atoms with van der Waals surface area (Å²) in [4.78, 5) is 13.0. The Morgan fingerprint density at radius 1 is 1.50 bits per heavy atom. The second kappa shape index (κ2) is 7.07. The van der Waals surface area contributed by atoms with Crippen molar-refractivity contribution in [3.05, 3.63) is 29.8 Å². The fraction of sp³-hybridized carbons (Fsp3) is 0.462. The molecule has 1 aliphatic rings. The third-order valence-corrected chi connectivity index (χ3v) is 4.68. The number of amides is 1. The van der Waals surface area contributed by atoms with Gasteiger partial charge in [-0.2, -0.15) is 0 Å². The fourth-order valence-corrected chi connectivity index (χ4v) is 3.37. The Hall–Kier alpha value is -0.650. The number of rotatable bonds is 5. The van der Waals surface area contributed by atoms with Crippen molar-refractivity contribution in [2.75, 3.05) is 23.9 Å². The van der Waals surface area contributed by atoms with Crippen molar-refractivity contribution in [2.45, 2.75) is 17.9 Å². The molecule has 0 aliphatic carbocycles. The van der Waals surface area contributed by atoms with Crippen molar-refractivity contribution in [3.63, 3.8) is 0 Å². The van der Waals surface area contributed by atoms with Gasteiger partial charge in [-0.3, -0.25) is 10.1 Å². The van der Waals surface area contributed by atoms with Crippen molar-refractivity contribution in [1.29, 1.82) is 0 Å². The third-order valence-electron chi connectivity index (χ3n) is 2.72. The van der Waals surface area contributed by atoms with E-state index in [1.54, 1.807) is 23.5 Å². The van der Waals surface area contributed by atoms with Crippen molar-refractivity contribution >= 4 is 29.4 Å². The topological polar surface area (TPSA) is 41.1 Å². The van der Waals surface area contributed by atoms with Gasteiger partial charge in [0.25, 0.3) is 0 Å². The van der Waals surface area contributed by atoms with Crippen molar-refractivity contribution < 1.29 is 4.79 Å². The highest BCUT2D eigenvalue weighted by Crippen LogP contribution is 2.17. The smallest absolute Gasteiger partial charge is 0.238 e. The summed E-state index contributed by atoms with van der Waals surface area (Å²) in [7, 11) is 0. The van der Waals surface area contributed by atoms with E-state index in [0.29, 0.717) is 0 Å². The van der Waals surface area contributed by atoms with Crippen LogP contribution in [0.25, 0.3) is 0 Å². The van der Waals surface area contributed by atoms with Crippen molar-refractivity contribution in [2.24, 2.45) is 0 Å². The number of benzene rings is 1. The van der Waals surface area contributed by atoms with E-state index in [2.05, 4.69) is 41.8 Å². The van der Waals surface area contributed by atoms with Gasteiger partial charge in [0, 0.05) is 28.8 Å². The molecule has 1 fully saturated rings. The van der Waals surface area contributed by atoms with Crippen LogP contribution >= 0.6 is 23.5 Å². The maximum absolute atomic E-state index is 11.7. The van der Waals surface area contributed by atoms with Gasteiger partial charge < -0.3 is 5.32 Å². The highest BCUT2D eigenvalue weighted by molar-refractivity contribution is 7.99. The van der Waals surface area contributed by atoms with E-state index in [9.17, 15) is 4.79 Å². The van der Waals surface area contributed by atoms with Crippen molar-refractivity contribution in [1.82, 2.24) is 10.6 Å². The Bertz CT molecular complexity index is 388. The zero-order valence-electron chi connectivity index (χ0n) is 10.4. The van der Waals surface area contributed by atoms with Crippen LogP contribution in [0.1, 0.15) is 5.56 Å². The number of aryl methyl sites for hydroxylation is 1. The van der Waals surface area contributed by atoms with E-state index in [-0.39, 0.29) is 11.9 Å². The molecule has 0 saturated carbocycles. The quantitative estimate of drug-likeness (QED) is 0.639. The van der Waals surface area contributed by atoms with Crippen LogP contribution in [-0.2, 0) is 4.79 Å². The predicted molar refractivity (Wildman–Crippen MR) is 79.2 cm³/mol. The maximum atomic E-state index is 11.7. The molecular formula is C13H18N2OS2. The summed E-state index contributed by atoms with van der Waals surface area (Å²) in [5.74, 6) is 2.81. The first-order valence-corrected chi connectivity index (χ1v) is 8.18.